The van der Waals surface area contributed by atoms with Gasteiger partial charge in [-0.2, -0.15) is 0 Å². The van der Waals surface area contributed by atoms with Gasteiger partial charge in [0.15, 0.2) is 0 Å². The Morgan fingerprint density at radius 1 is 1.39 bits per heavy atom. The second-order valence-corrected chi connectivity index (χ2v) is 6.92. The number of hydrogen-bond acceptors (Lipinski definition) is 3. The van der Waals surface area contributed by atoms with Crippen LogP contribution in [0.2, 0.25) is 0 Å². The topological polar surface area (TPSA) is 38.9 Å². The molecule has 0 radical (unpaired) electrons. The molecule has 0 amide bonds. The zero-order valence-corrected chi connectivity index (χ0v) is 13.0. The van der Waals surface area contributed by atoms with Crippen LogP contribution in [0.3, 0.4) is 0 Å². The predicted molar refractivity (Wildman–Crippen MR) is 81.8 cm³/mol. The average Bonchev–Trinajstić information content (AvgIpc) is 2.74. The lowest BCUT2D eigenvalue weighted by Gasteiger charge is -2.16. The third-order valence-corrected chi connectivity index (χ3v) is 4.08. The second kappa shape index (κ2) is 5.51. The fraction of sp³-hybridized carbons (Fsp3) is 0.357. The summed E-state index contributed by atoms with van der Waals surface area (Å²) in [6.45, 7) is 4.10. The van der Waals surface area contributed by atoms with Crippen LogP contribution >= 0.6 is 27.3 Å². The van der Waals surface area contributed by atoms with Crippen LogP contribution in [-0.2, 0) is 6.42 Å². The van der Waals surface area contributed by atoms with Crippen LogP contribution in [-0.4, -0.2) is 10.5 Å². The lowest BCUT2D eigenvalue weighted by atomic mass is 9.99. The molecular formula is C14H17BrN2S. The summed E-state index contributed by atoms with van der Waals surface area (Å²) in [6.07, 6.45) is 1.89. The summed E-state index contributed by atoms with van der Waals surface area (Å²) >= 11 is 5.17. The summed E-state index contributed by atoms with van der Waals surface area (Å²) in [5.41, 5.74) is 8.16. The number of aromatic nitrogens is 1. The highest BCUT2D eigenvalue weighted by atomic mass is 79.9. The molecule has 2 nitrogen and oxygen atoms in total. The molecule has 0 aliphatic heterocycles. The van der Waals surface area contributed by atoms with Gasteiger partial charge in [-0.25, -0.2) is 4.98 Å². The van der Waals surface area contributed by atoms with Gasteiger partial charge in [0, 0.05) is 21.0 Å². The fourth-order valence-electron chi connectivity index (χ4n) is 1.63. The van der Waals surface area contributed by atoms with Crippen molar-refractivity contribution in [1.29, 1.82) is 0 Å². The lowest BCUT2D eigenvalue weighted by molar-refractivity contribution is 0.475. The van der Waals surface area contributed by atoms with Gasteiger partial charge in [0.1, 0.15) is 5.01 Å². The van der Waals surface area contributed by atoms with E-state index in [0.29, 0.717) is 0 Å². The first-order valence-electron chi connectivity index (χ1n) is 5.93. The van der Waals surface area contributed by atoms with Gasteiger partial charge in [0.2, 0.25) is 0 Å². The molecule has 1 heterocycles. The van der Waals surface area contributed by atoms with Crippen LogP contribution in [0, 0.1) is 0 Å². The molecule has 2 N–H and O–H groups in total. The maximum absolute atomic E-state index is 5.99. The second-order valence-electron chi connectivity index (χ2n) is 5.14. The zero-order valence-electron chi connectivity index (χ0n) is 10.6. The minimum Gasteiger partial charge on any atom is -0.326 e. The van der Waals surface area contributed by atoms with E-state index in [1.54, 1.807) is 11.3 Å². The summed E-state index contributed by atoms with van der Waals surface area (Å²) in [6, 6.07) is 8.23. The van der Waals surface area contributed by atoms with Crippen LogP contribution in [0.4, 0.5) is 0 Å². The number of thiazole rings is 1. The first-order valence-corrected chi connectivity index (χ1v) is 7.60. The van der Waals surface area contributed by atoms with Crippen molar-refractivity contribution in [2.75, 3.05) is 0 Å². The van der Waals surface area contributed by atoms with E-state index in [2.05, 4.69) is 52.3 Å². The Balaban J connectivity index is 2.11. The summed E-state index contributed by atoms with van der Waals surface area (Å²) in [4.78, 5) is 4.67. The first kappa shape index (κ1) is 13.7. The highest BCUT2D eigenvalue weighted by molar-refractivity contribution is 9.10. The van der Waals surface area contributed by atoms with E-state index in [4.69, 9.17) is 5.73 Å². The normalized spacial score (nSPS) is 11.8. The molecule has 0 atom stereocenters. The molecule has 0 saturated heterocycles. The maximum Gasteiger partial charge on any atom is 0.123 e. The van der Waals surface area contributed by atoms with Crippen LogP contribution in [0.25, 0.3) is 10.6 Å². The van der Waals surface area contributed by atoms with Crippen molar-refractivity contribution >= 4 is 27.3 Å². The number of halogens is 1. The van der Waals surface area contributed by atoms with E-state index in [1.165, 1.54) is 0 Å². The molecular weight excluding hydrogens is 308 g/mol. The van der Waals surface area contributed by atoms with Crippen molar-refractivity contribution in [3.05, 3.63) is 39.8 Å². The van der Waals surface area contributed by atoms with Crippen molar-refractivity contribution in [1.82, 2.24) is 4.98 Å². The summed E-state index contributed by atoms with van der Waals surface area (Å²) in [5, 5.41) is 3.20. The Kier molecular flexibility index (Phi) is 4.20. The summed E-state index contributed by atoms with van der Waals surface area (Å²) in [5.74, 6) is 0. The van der Waals surface area contributed by atoms with Gasteiger partial charge in [0.05, 0.1) is 5.69 Å². The molecule has 2 aromatic rings. The van der Waals surface area contributed by atoms with E-state index >= 15 is 0 Å². The van der Waals surface area contributed by atoms with E-state index in [0.717, 1.165) is 33.6 Å². The van der Waals surface area contributed by atoms with Gasteiger partial charge >= 0.3 is 0 Å². The fourth-order valence-corrected chi connectivity index (χ4v) is 2.88. The molecule has 0 unspecified atom stereocenters. The lowest BCUT2D eigenvalue weighted by Crippen LogP contribution is -2.32. The molecule has 2 rings (SSSR count). The molecule has 0 fully saturated rings. The number of rotatable bonds is 4. The molecule has 0 aliphatic rings. The van der Waals surface area contributed by atoms with Gasteiger partial charge in [0.25, 0.3) is 0 Å². The molecule has 1 aromatic heterocycles. The predicted octanol–water partition coefficient (Wildman–Crippen LogP) is 4.24. The molecule has 0 aliphatic carbocycles. The van der Waals surface area contributed by atoms with E-state index in [-0.39, 0.29) is 5.54 Å². The van der Waals surface area contributed by atoms with Crippen LogP contribution < -0.4 is 5.73 Å². The molecule has 18 heavy (non-hydrogen) atoms. The number of benzene rings is 1. The molecule has 4 heteroatoms. The molecule has 0 spiro atoms. The Bertz CT molecular complexity index is 529. The largest absolute Gasteiger partial charge is 0.326 e. The third-order valence-electron chi connectivity index (χ3n) is 2.65. The minimum atomic E-state index is -0.125. The molecule has 96 valence electrons. The molecule has 1 aromatic carbocycles. The summed E-state index contributed by atoms with van der Waals surface area (Å²) < 4.78 is 1.08. The Morgan fingerprint density at radius 3 is 2.83 bits per heavy atom. The minimum absolute atomic E-state index is 0.125. The first-order chi connectivity index (χ1) is 8.44. The summed E-state index contributed by atoms with van der Waals surface area (Å²) in [7, 11) is 0. The van der Waals surface area contributed by atoms with Crippen LogP contribution in [0.1, 0.15) is 26.0 Å². The van der Waals surface area contributed by atoms with Crippen LogP contribution in [0.15, 0.2) is 34.1 Å². The Labute approximate surface area is 120 Å². The number of aryl methyl sites for hydroxylation is 1. The van der Waals surface area contributed by atoms with Crippen molar-refractivity contribution in [3.8, 4) is 10.6 Å². The maximum atomic E-state index is 5.99. The van der Waals surface area contributed by atoms with E-state index in [9.17, 15) is 0 Å². The molecule has 0 saturated carbocycles. The number of nitrogens with two attached hydrogens (primary N) is 1. The van der Waals surface area contributed by atoms with Gasteiger partial charge in [-0.3, -0.25) is 0 Å². The van der Waals surface area contributed by atoms with Gasteiger partial charge in [-0.05, 0) is 38.8 Å². The van der Waals surface area contributed by atoms with Crippen molar-refractivity contribution in [2.45, 2.75) is 32.2 Å². The van der Waals surface area contributed by atoms with Gasteiger partial charge in [-0.1, -0.05) is 28.1 Å². The van der Waals surface area contributed by atoms with Gasteiger partial charge in [-0.15, -0.1) is 11.3 Å². The van der Waals surface area contributed by atoms with Gasteiger partial charge < -0.3 is 5.73 Å². The SMILES string of the molecule is CC(C)(N)CCc1csc(-c2cccc(Br)c2)n1. The quantitative estimate of drug-likeness (QED) is 0.913. The molecule has 0 bridgehead atoms. The highest BCUT2D eigenvalue weighted by Crippen LogP contribution is 2.26. The highest BCUT2D eigenvalue weighted by Gasteiger charge is 2.12. The van der Waals surface area contributed by atoms with E-state index < -0.39 is 0 Å². The Hall–Kier alpha value is -0.710. The zero-order chi connectivity index (χ0) is 13.2. The Morgan fingerprint density at radius 2 is 2.17 bits per heavy atom. The van der Waals surface area contributed by atoms with Crippen LogP contribution in [0.5, 0.6) is 0 Å². The third kappa shape index (κ3) is 3.90. The number of nitrogens with zero attached hydrogens (tertiary/aromatic N) is 1. The van der Waals surface area contributed by atoms with Crippen molar-refractivity contribution in [2.24, 2.45) is 5.73 Å². The monoisotopic (exact) mass is 324 g/mol. The van der Waals surface area contributed by atoms with Crippen molar-refractivity contribution in [3.63, 3.8) is 0 Å². The standard InChI is InChI=1S/C14H17BrN2S/c1-14(2,16)7-6-12-9-18-13(17-12)10-4-3-5-11(15)8-10/h3-5,8-9H,6-7,16H2,1-2H3. The van der Waals surface area contributed by atoms with Crippen molar-refractivity contribution < 1.29 is 0 Å². The average molecular weight is 325 g/mol. The number of hydrogen-bond donors (Lipinski definition) is 1. The smallest absolute Gasteiger partial charge is 0.123 e. The van der Waals surface area contributed by atoms with E-state index in [1.807, 2.05) is 12.1 Å².